The molecule has 1 aromatic rings. The second-order valence-corrected chi connectivity index (χ2v) is 6.98. The van der Waals surface area contributed by atoms with Gasteiger partial charge in [0.15, 0.2) is 5.96 Å². The van der Waals surface area contributed by atoms with Crippen molar-refractivity contribution in [2.24, 2.45) is 10.9 Å². The number of likely N-dealkylation sites (tertiary alicyclic amines) is 2. The van der Waals surface area contributed by atoms with Crippen LogP contribution in [-0.4, -0.2) is 61.5 Å². The van der Waals surface area contributed by atoms with E-state index < -0.39 is 6.43 Å². The highest BCUT2D eigenvalue weighted by Crippen LogP contribution is 2.31. The van der Waals surface area contributed by atoms with Crippen LogP contribution < -0.4 is 5.32 Å². The van der Waals surface area contributed by atoms with Crippen molar-refractivity contribution in [2.45, 2.75) is 38.3 Å². The molecule has 0 bridgehead atoms. The lowest BCUT2D eigenvalue weighted by atomic mass is 9.83. The van der Waals surface area contributed by atoms with Gasteiger partial charge in [-0.2, -0.15) is 0 Å². The van der Waals surface area contributed by atoms with E-state index in [4.69, 9.17) is 0 Å². The van der Waals surface area contributed by atoms with Gasteiger partial charge in [0.05, 0.1) is 6.54 Å². The van der Waals surface area contributed by atoms with Crippen LogP contribution in [-0.2, 0) is 6.54 Å². The van der Waals surface area contributed by atoms with Gasteiger partial charge in [-0.05, 0) is 37.3 Å². The summed E-state index contributed by atoms with van der Waals surface area (Å²) in [5.74, 6) is 1.19. The molecule has 2 saturated heterocycles. The quantitative estimate of drug-likeness (QED) is 0.409. The van der Waals surface area contributed by atoms with Crippen molar-refractivity contribution in [3.63, 3.8) is 0 Å². The number of halogens is 3. The summed E-state index contributed by atoms with van der Waals surface area (Å²) < 4.78 is 25.0. The Kier molecular flexibility index (Phi) is 8.53. The van der Waals surface area contributed by atoms with E-state index in [2.05, 4.69) is 50.4 Å². The van der Waals surface area contributed by atoms with Crippen molar-refractivity contribution in [1.29, 1.82) is 0 Å². The molecule has 2 atom stereocenters. The number of aliphatic imine (C=N–C) groups is 1. The fourth-order valence-electron chi connectivity index (χ4n) is 4.21. The summed E-state index contributed by atoms with van der Waals surface area (Å²) in [6, 6.07) is 11.2. The highest BCUT2D eigenvalue weighted by atomic mass is 127. The largest absolute Gasteiger partial charge is 0.351 e. The van der Waals surface area contributed by atoms with E-state index >= 15 is 0 Å². The van der Waals surface area contributed by atoms with Crippen LogP contribution in [0.25, 0.3) is 0 Å². The zero-order valence-electron chi connectivity index (χ0n) is 15.3. The minimum atomic E-state index is -2.36. The third-order valence-electron chi connectivity index (χ3n) is 5.34. The summed E-state index contributed by atoms with van der Waals surface area (Å²) in [4.78, 5) is 8.95. The first-order valence-corrected chi connectivity index (χ1v) is 9.19. The van der Waals surface area contributed by atoms with Crippen LogP contribution in [0.1, 0.15) is 24.8 Å². The maximum atomic E-state index is 12.5. The number of nitrogens with zero attached hydrogens (tertiary/aromatic N) is 3. The van der Waals surface area contributed by atoms with E-state index in [0.29, 0.717) is 17.9 Å². The molecule has 0 aliphatic carbocycles. The zero-order valence-corrected chi connectivity index (χ0v) is 17.6. The van der Waals surface area contributed by atoms with Gasteiger partial charge in [0.25, 0.3) is 6.43 Å². The molecule has 146 valence electrons. The molecule has 2 aliphatic heterocycles. The highest BCUT2D eigenvalue weighted by molar-refractivity contribution is 14.0. The Hall–Kier alpha value is -0.960. The van der Waals surface area contributed by atoms with Gasteiger partial charge >= 0.3 is 0 Å². The second kappa shape index (κ2) is 10.4. The topological polar surface area (TPSA) is 30.9 Å². The van der Waals surface area contributed by atoms with Crippen molar-refractivity contribution in [2.75, 3.05) is 33.2 Å². The monoisotopic (exact) mass is 478 g/mol. The number of hydrogen-bond acceptors (Lipinski definition) is 2. The lowest BCUT2D eigenvalue weighted by Gasteiger charge is -2.48. The van der Waals surface area contributed by atoms with Crippen LogP contribution in [0.15, 0.2) is 35.3 Å². The number of benzene rings is 1. The molecule has 1 aromatic carbocycles. The Morgan fingerprint density at radius 2 is 2.00 bits per heavy atom. The number of alkyl halides is 2. The van der Waals surface area contributed by atoms with Gasteiger partial charge in [-0.25, -0.2) is 8.78 Å². The molecule has 2 heterocycles. The Bertz CT molecular complexity index is 570. The Balaban J connectivity index is 0.00000243. The number of rotatable bonds is 4. The third kappa shape index (κ3) is 5.52. The first-order chi connectivity index (χ1) is 12.2. The second-order valence-electron chi connectivity index (χ2n) is 6.98. The average molecular weight is 478 g/mol. The van der Waals surface area contributed by atoms with Crippen LogP contribution in [0, 0.1) is 5.92 Å². The fraction of sp³-hybridized carbons (Fsp3) is 0.632. The van der Waals surface area contributed by atoms with Crippen molar-refractivity contribution in [1.82, 2.24) is 15.1 Å². The Morgan fingerprint density at radius 1 is 1.23 bits per heavy atom. The Labute approximate surface area is 172 Å². The summed E-state index contributed by atoms with van der Waals surface area (Å²) in [6.07, 6.45) is 1.11. The van der Waals surface area contributed by atoms with Gasteiger partial charge in [0, 0.05) is 32.7 Å². The molecule has 2 aliphatic rings. The summed E-state index contributed by atoms with van der Waals surface area (Å²) in [6.45, 7) is 3.58. The van der Waals surface area contributed by atoms with Crippen molar-refractivity contribution < 1.29 is 8.78 Å². The van der Waals surface area contributed by atoms with Crippen LogP contribution >= 0.6 is 24.0 Å². The number of fused-ring (bicyclic) bond motifs is 1. The molecule has 2 unspecified atom stereocenters. The number of nitrogens with one attached hydrogen (secondary N) is 1. The third-order valence-corrected chi connectivity index (χ3v) is 5.34. The molecule has 0 radical (unpaired) electrons. The summed E-state index contributed by atoms with van der Waals surface area (Å²) in [5.41, 5.74) is 1.36. The molecule has 26 heavy (non-hydrogen) atoms. The van der Waals surface area contributed by atoms with Crippen LogP contribution in [0.3, 0.4) is 0 Å². The first kappa shape index (κ1) is 21.3. The minimum Gasteiger partial charge on any atom is -0.351 e. The molecule has 0 saturated carbocycles. The summed E-state index contributed by atoms with van der Waals surface area (Å²) in [5, 5.41) is 2.80. The molecule has 2 fully saturated rings. The molecule has 7 heteroatoms. The van der Waals surface area contributed by atoms with E-state index in [1.54, 1.807) is 7.05 Å². The van der Waals surface area contributed by atoms with E-state index in [9.17, 15) is 8.78 Å². The average Bonchev–Trinajstić information content (AvgIpc) is 2.63. The van der Waals surface area contributed by atoms with Crippen LogP contribution in [0.2, 0.25) is 0 Å². The fourth-order valence-corrected chi connectivity index (χ4v) is 4.21. The van der Waals surface area contributed by atoms with Gasteiger partial charge in [0.2, 0.25) is 0 Å². The van der Waals surface area contributed by atoms with E-state index in [1.807, 2.05) is 0 Å². The molecular formula is C19H29F2IN4. The molecule has 0 spiro atoms. The first-order valence-electron chi connectivity index (χ1n) is 9.19. The normalized spacial score (nSPS) is 24.2. The smallest absolute Gasteiger partial charge is 0.255 e. The van der Waals surface area contributed by atoms with Crippen LogP contribution in [0.4, 0.5) is 8.78 Å². The number of piperidine rings is 2. The van der Waals surface area contributed by atoms with Crippen LogP contribution in [0.5, 0.6) is 0 Å². The van der Waals surface area contributed by atoms with Gasteiger partial charge < -0.3 is 10.2 Å². The molecule has 0 aromatic heterocycles. The maximum Gasteiger partial charge on any atom is 0.255 e. The van der Waals surface area contributed by atoms with E-state index in [-0.39, 0.29) is 30.5 Å². The number of guanidine groups is 1. The van der Waals surface area contributed by atoms with Gasteiger partial charge in [-0.3, -0.25) is 9.89 Å². The van der Waals surface area contributed by atoms with Crippen molar-refractivity contribution in [3.8, 4) is 0 Å². The summed E-state index contributed by atoms with van der Waals surface area (Å²) in [7, 11) is 1.67. The highest BCUT2D eigenvalue weighted by Gasteiger charge is 2.36. The van der Waals surface area contributed by atoms with Crippen molar-refractivity contribution >= 4 is 29.9 Å². The van der Waals surface area contributed by atoms with E-state index in [0.717, 1.165) is 32.6 Å². The molecular weight excluding hydrogens is 449 g/mol. The number of hydrogen-bond donors (Lipinski definition) is 1. The predicted octanol–water partition coefficient (Wildman–Crippen LogP) is 3.43. The SMILES string of the molecule is CN=C(NCC(F)F)N1CCC2C(CCCN2Cc2ccccc2)C1.I. The standard InChI is InChI=1S/C19H28F2N4.HI/c1-22-19(23-12-18(20)21)25-11-9-17-16(14-25)8-5-10-24(17)13-15-6-3-2-4-7-15;/h2-4,6-7,16-18H,5,8-14H2,1H3,(H,22,23);1H. The van der Waals surface area contributed by atoms with Gasteiger partial charge in [0.1, 0.15) is 0 Å². The molecule has 0 amide bonds. The minimum absolute atomic E-state index is 0. The molecule has 3 rings (SSSR count). The predicted molar refractivity (Wildman–Crippen MR) is 112 cm³/mol. The van der Waals surface area contributed by atoms with E-state index in [1.165, 1.54) is 18.4 Å². The lowest BCUT2D eigenvalue weighted by Crippen LogP contribution is -2.57. The molecule has 4 nitrogen and oxygen atoms in total. The zero-order chi connectivity index (χ0) is 17.6. The van der Waals surface area contributed by atoms with Gasteiger partial charge in [-0.1, -0.05) is 30.3 Å². The Morgan fingerprint density at radius 3 is 2.69 bits per heavy atom. The summed E-state index contributed by atoms with van der Waals surface area (Å²) >= 11 is 0. The lowest BCUT2D eigenvalue weighted by molar-refractivity contribution is 0.0369. The molecule has 1 N–H and O–H groups in total. The van der Waals surface area contributed by atoms with Crippen molar-refractivity contribution in [3.05, 3.63) is 35.9 Å². The van der Waals surface area contributed by atoms with Gasteiger partial charge in [-0.15, -0.1) is 24.0 Å². The maximum absolute atomic E-state index is 12.5.